The minimum Gasteiger partial charge on any atom is -0.508 e. The average Bonchev–Trinajstić information content (AvgIpc) is 2.97. The van der Waals surface area contributed by atoms with E-state index in [0.29, 0.717) is 54.4 Å². The van der Waals surface area contributed by atoms with Crippen LogP contribution in [-0.4, -0.2) is 65.8 Å². The fraction of sp³-hybridized carbons (Fsp3) is 0.233. The van der Waals surface area contributed by atoms with Crippen LogP contribution >= 0.6 is 0 Å². The van der Waals surface area contributed by atoms with Gasteiger partial charge in [0.2, 0.25) is 0 Å². The molecule has 1 saturated heterocycles. The second kappa shape index (κ2) is 11.3. The Hall–Kier alpha value is -4.79. The monoisotopic (exact) mass is 526 g/mol. The largest absolute Gasteiger partial charge is 0.508 e. The molecule has 1 amide bonds. The summed E-state index contributed by atoms with van der Waals surface area (Å²) in [7, 11) is 1.66. The zero-order chi connectivity index (χ0) is 27.4. The maximum absolute atomic E-state index is 12.9. The highest BCUT2D eigenvalue weighted by Gasteiger charge is 2.23. The number of benzene rings is 3. The third-order valence-electron chi connectivity index (χ3n) is 6.80. The van der Waals surface area contributed by atoms with Gasteiger partial charge in [-0.2, -0.15) is 4.98 Å². The summed E-state index contributed by atoms with van der Waals surface area (Å²) in [6.07, 6.45) is 0. The summed E-state index contributed by atoms with van der Waals surface area (Å²) in [5, 5.41) is 9.83. The first-order chi connectivity index (χ1) is 18.9. The molecule has 0 radical (unpaired) electrons. The number of hydrogen-bond donors (Lipinski definition) is 2. The molecule has 2 N–H and O–H groups in total. The van der Waals surface area contributed by atoms with Gasteiger partial charge in [-0.3, -0.25) is 4.79 Å². The van der Waals surface area contributed by atoms with Gasteiger partial charge >= 0.3 is 5.69 Å². The zero-order valence-corrected chi connectivity index (χ0v) is 21.9. The van der Waals surface area contributed by atoms with Gasteiger partial charge in [0.25, 0.3) is 5.91 Å². The van der Waals surface area contributed by atoms with E-state index in [9.17, 15) is 14.7 Å². The maximum atomic E-state index is 12.9. The van der Waals surface area contributed by atoms with Crippen LogP contribution in [0, 0.1) is 6.92 Å². The second-order valence-corrected chi connectivity index (χ2v) is 9.34. The lowest BCUT2D eigenvalue weighted by Gasteiger charge is -2.36. The van der Waals surface area contributed by atoms with Gasteiger partial charge in [0, 0.05) is 31.7 Å². The Balaban J connectivity index is 1.23. The number of phenolic OH excluding ortho intramolecular Hbond substituents is 1. The van der Waals surface area contributed by atoms with Crippen LogP contribution in [0.3, 0.4) is 0 Å². The molecule has 9 heteroatoms. The molecule has 0 spiro atoms. The Bertz CT molecular complexity index is 1540. The number of aromatic nitrogens is 2. The molecule has 0 bridgehead atoms. The van der Waals surface area contributed by atoms with Crippen molar-refractivity contribution in [2.24, 2.45) is 0 Å². The molecule has 39 heavy (non-hydrogen) atoms. The number of hydrogen-bond acceptors (Lipinski definition) is 7. The number of rotatable bonds is 7. The molecule has 1 aliphatic rings. The lowest BCUT2D eigenvalue weighted by molar-refractivity contribution is -0.133. The number of aryl methyl sites for hydroxylation is 1. The highest BCUT2D eigenvalue weighted by atomic mass is 16.5. The van der Waals surface area contributed by atoms with Crippen molar-refractivity contribution < 1.29 is 19.4 Å². The van der Waals surface area contributed by atoms with Crippen LogP contribution < -0.4 is 20.1 Å². The quantitative estimate of drug-likeness (QED) is 0.377. The van der Waals surface area contributed by atoms with E-state index in [1.807, 2.05) is 30.3 Å². The summed E-state index contributed by atoms with van der Waals surface area (Å²) in [4.78, 5) is 36.1. The van der Waals surface area contributed by atoms with Crippen LogP contribution in [0.5, 0.6) is 17.2 Å². The summed E-state index contributed by atoms with van der Waals surface area (Å²) in [5.41, 5.74) is 3.75. The normalized spacial score (nSPS) is 13.3. The zero-order valence-electron chi connectivity index (χ0n) is 21.9. The van der Waals surface area contributed by atoms with Crippen LogP contribution in [0.1, 0.15) is 5.56 Å². The van der Waals surface area contributed by atoms with Gasteiger partial charge in [0.05, 0.1) is 24.2 Å². The number of methoxy groups -OCH3 is 1. The van der Waals surface area contributed by atoms with Crippen molar-refractivity contribution in [3.8, 4) is 39.8 Å². The number of amides is 1. The minimum atomic E-state index is -0.484. The fourth-order valence-corrected chi connectivity index (χ4v) is 4.65. The molecular formula is C30H30N4O5. The third kappa shape index (κ3) is 5.87. The van der Waals surface area contributed by atoms with Crippen LogP contribution in [0.25, 0.3) is 22.5 Å². The molecule has 0 unspecified atom stereocenters. The van der Waals surface area contributed by atoms with Crippen molar-refractivity contribution in [2.45, 2.75) is 6.92 Å². The van der Waals surface area contributed by atoms with Crippen LogP contribution in [0.4, 0.5) is 5.69 Å². The molecule has 1 aliphatic heterocycles. The summed E-state index contributed by atoms with van der Waals surface area (Å²) in [5.74, 6) is 1.44. The molecule has 200 valence electrons. The number of carbonyl (C=O) groups is 1. The number of anilines is 1. The molecule has 9 nitrogen and oxygen atoms in total. The third-order valence-corrected chi connectivity index (χ3v) is 6.80. The van der Waals surface area contributed by atoms with Gasteiger partial charge in [-0.25, -0.2) is 4.79 Å². The van der Waals surface area contributed by atoms with E-state index >= 15 is 0 Å². The van der Waals surface area contributed by atoms with E-state index in [4.69, 9.17) is 9.47 Å². The molecular weight excluding hydrogens is 496 g/mol. The number of nitrogens with zero attached hydrogens (tertiary/aromatic N) is 3. The molecule has 0 saturated carbocycles. The average molecular weight is 527 g/mol. The molecule has 5 rings (SSSR count). The number of aromatic hydroxyl groups is 1. The van der Waals surface area contributed by atoms with E-state index in [1.54, 1.807) is 61.4 Å². The number of ether oxygens (including phenoxy) is 2. The second-order valence-electron chi connectivity index (χ2n) is 9.34. The highest BCUT2D eigenvalue weighted by Crippen LogP contribution is 2.29. The van der Waals surface area contributed by atoms with Gasteiger partial charge in [-0.15, -0.1) is 0 Å². The molecule has 1 fully saturated rings. The lowest BCUT2D eigenvalue weighted by Crippen LogP contribution is -2.50. The van der Waals surface area contributed by atoms with Crippen LogP contribution in [-0.2, 0) is 4.79 Å². The van der Waals surface area contributed by atoms with Crippen LogP contribution in [0.15, 0.2) is 77.6 Å². The number of nitrogens with one attached hydrogen (secondary N) is 1. The smallest absolute Gasteiger partial charge is 0.345 e. The van der Waals surface area contributed by atoms with E-state index < -0.39 is 5.69 Å². The van der Waals surface area contributed by atoms with Crippen molar-refractivity contribution >= 4 is 11.6 Å². The fourth-order valence-electron chi connectivity index (χ4n) is 4.65. The predicted molar refractivity (Wildman–Crippen MR) is 149 cm³/mol. The van der Waals surface area contributed by atoms with E-state index in [-0.39, 0.29) is 18.3 Å². The number of phenols is 1. The number of para-hydroxylation sites is 2. The van der Waals surface area contributed by atoms with Crippen molar-refractivity contribution in [3.05, 3.63) is 88.8 Å². The standard InChI is InChI=1S/C30H30N4O5/c1-20-16-22(10-11-27(20)35)25-18-24(31-30(37)32-25)21-6-5-7-23(17-21)39-19-29(36)34-14-12-33(13-15-34)26-8-3-4-9-28(26)38-2/h3-11,16-18,35H,12-15,19H2,1-2H3,(H,31,32,37). The molecule has 3 aromatic carbocycles. The first-order valence-electron chi connectivity index (χ1n) is 12.7. The Morgan fingerprint density at radius 2 is 1.77 bits per heavy atom. The Labute approximate surface area is 226 Å². The van der Waals surface area contributed by atoms with E-state index in [1.165, 1.54) is 0 Å². The van der Waals surface area contributed by atoms with Crippen molar-refractivity contribution in [2.75, 3.05) is 44.8 Å². The molecule has 4 aromatic rings. The van der Waals surface area contributed by atoms with Gasteiger partial charge in [-0.1, -0.05) is 24.3 Å². The number of H-pyrrole nitrogens is 1. The highest BCUT2D eigenvalue weighted by molar-refractivity contribution is 5.78. The van der Waals surface area contributed by atoms with Gasteiger partial charge in [0.1, 0.15) is 17.2 Å². The lowest BCUT2D eigenvalue weighted by atomic mass is 10.1. The van der Waals surface area contributed by atoms with Crippen LogP contribution in [0.2, 0.25) is 0 Å². The Morgan fingerprint density at radius 3 is 2.54 bits per heavy atom. The van der Waals surface area contributed by atoms with Crippen molar-refractivity contribution in [1.29, 1.82) is 0 Å². The van der Waals surface area contributed by atoms with Gasteiger partial charge in [0.15, 0.2) is 6.61 Å². The number of piperazine rings is 1. The Kier molecular flexibility index (Phi) is 7.49. The first-order valence-corrected chi connectivity index (χ1v) is 12.7. The molecule has 0 atom stereocenters. The van der Waals surface area contributed by atoms with E-state index in [2.05, 4.69) is 14.9 Å². The summed E-state index contributed by atoms with van der Waals surface area (Å²) >= 11 is 0. The summed E-state index contributed by atoms with van der Waals surface area (Å²) in [6.45, 7) is 4.31. The van der Waals surface area contributed by atoms with Gasteiger partial charge in [-0.05, 0) is 66.6 Å². The molecule has 0 aliphatic carbocycles. The number of aromatic amines is 1. The van der Waals surface area contributed by atoms with Crippen molar-refractivity contribution in [3.63, 3.8) is 0 Å². The first kappa shape index (κ1) is 25.8. The number of carbonyl (C=O) groups excluding carboxylic acids is 1. The van der Waals surface area contributed by atoms with Gasteiger partial charge < -0.3 is 29.4 Å². The Morgan fingerprint density at radius 1 is 0.974 bits per heavy atom. The minimum absolute atomic E-state index is 0.0839. The molecule has 2 heterocycles. The summed E-state index contributed by atoms with van der Waals surface area (Å²) < 4.78 is 11.3. The molecule has 1 aromatic heterocycles. The topological polar surface area (TPSA) is 108 Å². The SMILES string of the molecule is COc1ccccc1N1CCN(C(=O)COc2cccc(-c3cc(-c4ccc(O)c(C)c4)[nH]c(=O)n3)c2)CC1. The summed E-state index contributed by atoms with van der Waals surface area (Å²) in [6, 6.07) is 21.9. The maximum Gasteiger partial charge on any atom is 0.345 e. The van der Waals surface area contributed by atoms with E-state index in [0.717, 1.165) is 17.0 Å². The van der Waals surface area contributed by atoms with Crippen molar-refractivity contribution in [1.82, 2.24) is 14.9 Å². The predicted octanol–water partition coefficient (Wildman–Crippen LogP) is 3.85.